The first-order chi connectivity index (χ1) is 8.74. The van der Waals surface area contributed by atoms with Crippen molar-refractivity contribution in [1.29, 1.82) is 0 Å². The average Bonchev–Trinajstić information content (AvgIpc) is 2.99. The van der Waals surface area contributed by atoms with Crippen LogP contribution in [0.5, 0.6) is 0 Å². The Bertz CT molecular complexity index is 648. The fourth-order valence-corrected chi connectivity index (χ4v) is 2.75. The predicted octanol–water partition coefficient (Wildman–Crippen LogP) is 3.82. The molecule has 1 N–H and O–H groups in total. The molecule has 0 saturated heterocycles. The molecule has 0 spiro atoms. The first-order valence-corrected chi connectivity index (χ1v) is 6.61. The van der Waals surface area contributed by atoms with E-state index >= 15 is 0 Å². The highest BCUT2D eigenvalue weighted by atomic mass is 32.1. The van der Waals surface area contributed by atoms with E-state index in [9.17, 15) is 0 Å². The van der Waals surface area contributed by atoms with Crippen LogP contribution >= 0.6 is 11.3 Å². The lowest BCUT2D eigenvalue weighted by Crippen LogP contribution is -1.78. The number of nitrogens with zero attached hydrogens (tertiary/aromatic N) is 2. The van der Waals surface area contributed by atoms with Gasteiger partial charge < -0.3 is 0 Å². The molecule has 18 heavy (non-hydrogen) atoms. The number of hydrogen-bond donors (Lipinski definition) is 1. The van der Waals surface area contributed by atoms with Gasteiger partial charge in [-0.25, -0.2) is 4.98 Å². The summed E-state index contributed by atoms with van der Waals surface area (Å²) in [4.78, 5) is 7.01. The number of hydrogen-bond acceptors (Lipinski definition) is 3. The van der Waals surface area contributed by atoms with E-state index in [1.165, 1.54) is 10.4 Å². The van der Waals surface area contributed by atoms with Crippen LogP contribution in [0.25, 0.3) is 22.1 Å². The number of benzene rings is 1. The normalized spacial score (nSPS) is 10.8. The Morgan fingerprint density at radius 1 is 1.11 bits per heavy atom. The van der Waals surface area contributed by atoms with Crippen molar-refractivity contribution in [2.45, 2.75) is 13.8 Å². The van der Waals surface area contributed by atoms with Gasteiger partial charge in [0.25, 0.3) is 0 Å². The first kappa shape index (κ1) is 11.2. The fraction of sp³-hybridized carbons (Fsp3) is 0.143. The maximum atomic E-state index is 4.55. The monoisotopic (exact) mass is 255 g/mol. The van der Waals surface area contributed by atoms with E-state index in [1.807, 2.05) is 30.3 Å². The molecule has 3 rings (SSSR count). The summed E-state index contributed by atoms with van der Waals surface area (Å²) in [6, 6.07) is 12.1. The van der Waals surface area contributed by atoms with Crippen LogP contribution in [0.4, 0.5) is 0 Å². The maximum Gasteiger partial charge on any atom is 0.181 e. The molecule has 0 radical (unpaired) electrons. The topological polar surface area (TPSA) is 41.6 Å². The summed E-state index contributed by atoms with van der Waals surface area (Å²) >= 11 is 1.74. The minimum Gasteiger partial charge on any atom is -0.258 e. The molecule has 0 fully saturated rings. The zero-order valence-corrected chi connectivity index (χ0v) is 11.1. The van der Waals surface area contributed by atoms with Crippen LogP contribution in [0.1, 0.15) is 10.4 Å². The van der Waals surface area contributed by atoms with E-state index in [-0.39, 0.29) is 0 Å². The van der Waals surface area contributed by atoms with Crippen molar-refractivity contribution in [3.05, 3.63) is 46.8 Å². The molecule has 0 saturated carbocycles. The van der Waals surface area contributed by atoms with Crippen molar-refractivity contribution in [3.8, 4) is 22.1 Å². The molecule has 0 aliphatic heterocycles. The first-order valence-electron chi connectivity index (χ1n) is 5.79. The molecule has 0 aliphatic rings. The lowest BCUT2D eigenvalue weighted by molar-refractivity contribution is 1.10. The lowest BCUT2D eigenvalue weighted by atomic mass is 10.2. The molecule has 4 heteroatoms. The zero-order valence-electron chi connectivity index (χ0n) is 10.3. The third-order valence-electron chi connectivity index (χ3n) is 2.92. The Morgan fingerprint density at radius 2 is 1.89 bits per heavy atom. The van der Waals surface area contributed by atoms with Gasteiger partial charge in [-0.05, 0) is 25.5 Å². The van der Waals surface area contributed by atoms with Crippen LogP contribution in [-0.4, -0.2) is 15.2 Å². The number of nitrogens with one attached hydrogen (secondary N) is 1. The van der Waals surface area contributed by atoms with Gasteiger partial charge in [0.1, 0.15) is 0 Å². The molecule has 0 aliphatic carbocycles. The average molecular weight is 255 g/mol. The molecule has 90 valence electrons. The molecule has 0 unspecified atom stereocenters. The van der Waals surface area contributed by atoms with Gasteiger partial charge in [0.15, 0.2) is 11.6 Å². The van der Waals surface area contributed by atoms with Crippen molar-refractivity contribution < 1.29 is 0 Å². The SMILES string of the molecule is Cc1cc(-c2nc(-c3ccccc3)n[nH]2)sc1C. The van der Waals surface area contributed by atoms with Gasteiger partial charge in [-0.15, -0.1) is 11.3 Å². The third kappa shape index (κ3) is 1.95. The summed E-state index contributed by atoms with van der Waals surface area (Å²) in [5, 5.41) is 7.28. The summed E-state index contributed by atoms with van der Waals surface area (Å²) in [7, 11) is 0. The van der Waals surface area contributed by atoms with Crippen molar-refractivity contribution in [3.63, 3.8) is 0 Å². The fourth-order valence-electron chi connectivity index (χ4n) is 1.78. The second kappa shape index (κ2) is 4.38. The Balaban J connectivity index is 1.99. The number of aromatic amines is 1. The van der Waals surface area contributed by atoms with Gasteiger partial charge in [-0.2, -0.15) is 5.10 Å². The van der Waals surface area contributed by atoms with E-state index < -0.39 is 0 Å². The largest absolute Gasteiger partial charge is 0.258 e. The number of H-pyrrole nitrogens is 1. The van der Waals surface area contributed by atoms with E-state index in [2.05, 4.69) is 35.1 Å². The Hall–Kier alpha value is -1.94. The second-order valence-corrected chi connectivity index (χ2v) is 5.48. The van der Waals surface area contributed by atoms with Crippen LogP contribution in [-0.2, 0) is 0 Å². The maximum absolute atomic E-state index is 4.55. The summed E-state index contributed by atoms with van der Waals surface area (Å²) in [5.41, 5.74) is 2.33. The van der Waals surface area contributed by atoms with Crippen LogP contribution < -0.4 is 0 Å². The molecule has 2 heterocycles. The van der Waals surface area contributed by atoms with Crippen molar-refractivity contribution in [2.75, 3.05) is 0 Å². The molecule has 3 nitrogen and oxygen atoms in total. The molecule has 0 atom stereocenters. The smallest absolute Gasteiger partial charge is 0.181 e. The standard InChI is InChI=1S/C14H13N3S/c1-9-8-12(18-10(9)2)14-15-13(16-17-14)11-6-4-3-5-7-11/h3-8H,1-2H3,(H,15,16,17). The Morgan fingerprint density at radius 3 is 2.56 bits per heavy atom. The van der Waals surface area contributed by atoms with E-state index in [0.717, 1.165) is 22.1 Å². The second-order valence-electron chi connectivity index (χ2n) is 4.22. The van der Waals surface area contributed by atoms with Crippen LogP contribution in [0, 0.1) is 13.8 Å². The van der Waals surface area contributed by atoms with Gasteiger partial charge in [0.05, 0.1) is 4.88 Å². The van der Waals surface area contributed by atoms with Crippen LogP contribution in [0.3, 0.4) is 0 Å². The lowest BCUT2D eigenvalue weighted by Gasteiger charge is -1.91. The number of thiophene rings is 1. The van der Waals surface area contributed by atoms with Crippen molar-refractivity contribution in [1.82, 2.24) is 15.2 Å². The number of aryl methyl sites for hydroxylation is 2. The summed E-state index contributed by atoms with van der Waals surface area (Å²) in [6.07, 6.45) is 0. The highest BCUT2D eigenvalue weighted by Crippen LogP contribution is 2.29. The third-order valence-corrected chi connectivity index (χ3v) is 4.08. The van der Waals surface area contributed by atoms with Gasteiger partial charge >= 0.3 is 0 Å². The van der Waals surface area contributed by atoms with Crippen LogP contribution in [0.2, 0.25) is 0 Å². The highest BCUT2D eigenvalue weighted by molar-refractivity contribution is 7.15. The molecule has 0 amide bonds. The number of aromatic nitrogens is 3. The van der Waals surface area contributed by atoms with Crippen molar-refractivity contribution >= 4 is 11.3 Å². The molecule has 0 bridgehead atoms. The summed E-state index contributed by atoms with van der Waals surface area (Å²) in [6.45, 7) is 4.24. The highest BCUT2D eigenvalue weighted by Gasteiger charge is 2.10. The molecule has 1 aromatic carbocycles. The molecule has 2 aromatic heterocycles. The molecular formula is C14H13N3S. The summed E-state index contributed by atoms with van der Waals surface area (Å²) < 4.78 is 0. The quantitative estimate of drug-likeness (QED) is 0.756. The minimum absolute atomic E-state index is 0.745. The summed E-state index contributed by atoms with van der Waals surface area (Å²) in [5.74, 6) is 1.59. The Labute approximate surface area is 110 Å². The molecular weight excluding hydrogens is 242 g/mol. The Kier molecular flexibility index (Phi) is 2.72. The van der Waals surface area contributed by atoms with E-state index in [0.29, 0.717) is 0 Å². The van der Waals surface area contributed by atoms with Gasteiger partial charge in [0.2, 0.25) is 0 Å². The zero-order chi connectivity index (χ0) is 12.5. The van der Waals surface area contributed by atoms with E-state index in [4.69, 9.17) is 0 Å². The van der Waals surface area contributed by atoms with Gasteiger partial charge in [-0.3, -0.25) is 5.10 Å². The van der Waals surface area contributed by atoms with E-state index in [1.54, 1.807) is 11.3 Å². The molecule has 3 aromatic rings. The minimum atomic E-state index is 0.745. The van der Waals surface area contributed by atoms with Crippen LogP contribution in [0.15, 0.2) is 36.4 Å². The van der Waals surface area contributed by atoms with Gasteiger partial charge in [-0.1, -0.05) is 30.3 Å². The number of rotatable bonds is 2. The predicted molar refractivity (Wildman–Crippen MR) is 74.6 cm³/mol. The van der Waals surface area contributed by atoms with Crippen molar-refractivity contribution in [2.24, 2.45) is 0 Å². The van der Waals surface area contributed by atoms with Gasteiger partial charge in [0, 0.05) is 10.4 Å².